The molecule has 2 saturated heterocycles. The lowest BCUT2D eigenvalue weighted by Gasteiger charge is -2.48. The summed E-state index contributed by atoms with van der Waals surface area (Å²) >= 11 is 1.38. The number of hydrogen-bond donors (Lipinski definition) is 1. The molecule has 4 heterocycles. The smallest absolute Gasteiger partial charge is 0.282 e. The van der Waals surface area contributed by atoms with Gasteiger partial charge < -0.3 is 9.80 Å². The number of hydrogen-bond acceptors (Lipinski definition) is 6. The largest absolute Gasteiger partial charge is 0.335 e. The number of aromatic nitrogens is 3. The van der Waals surface area contributed by atoms with Gasteiger partial charge in [0.05, 0.1) is 11.7 Å². The van der Waals surface area contributed by atoms with Gasteiger partial charge in [-0.3, -0.25) is 19.6 Å². The molecule has 3 aromatic rings. The van der Waals surface area contributed by atoms with Crippen LogP contribution in [0.25, 0.3) is 10.9 Å². The molecule has 8 nitrogen and oxygen atoms in total. The van der Waals surface area contributed by atoms with Gasteiger partial charge in [0.25, 0.3) is 11.8 Å². The minimum absolute atomic E-state index is 0.0229. The van der Waals surface area contributed by atoms with Gasteiger partial charge in [-0.1, -0.05) is 0 Å². The van der Waals surface area contributed by atoms with E-state index >= 15 is 0 Å². The number of fused-ring (bicyclic) bond motifs is 1. The first kappa shape index (κ1) is 17.3. The third-order valence-corrected chi connectivity index (χ3v) is 6.33. The van der Waals surface area contributed by atoms with E-state index in [0.717, 1.165) is 37.1 Å². The third-order valence-electron chi connectivity index (χ3n) is 5.57. The second kappa shape index (κ2) is 6.99. The predicted molar refractivity (Wildman–Crippen MR) is 105 cm³/mol. The van der Waals surface area contributed by atoms with E-state index in [-0.39, 0.29) is 11.8 Å². The maximum absolute atomic E-state index is 12.7. The molecule has 1 aromatic carbocycles. The van der Waals surface area contributed by atoms with E-state index < -0.39 is 0 Å². The molecule has 2 fully saturated rings. The van der Waals surface area contributed by atoms with Gasteiger partial charge in [-0.25, -0.2) is 4.98 Å². The standard InChI is InChI=1S/C19H20N6O2S/c26-18(13-1-2-16-14(9-13)10-21-22-16)25-11-15(12-25)23-4-6-24(7-5-23)19(27)17-20-3-8-28-17/h1-3,8-10,15H,4-7,11-12H2,(H,21,22). The second-order valence-corrected chi connectivity index (χ2v) is 8.10. The summed E-state index contributed by atoms with van der Waals surface area (Å²) in [5.74, 6) is 0.0895. The van der Waals surface area contributed by atoms with Crippen molar-refractivity contribution in [2.75, 3.05) is 39.3 Å². The van der Waals surface area contributed by atoms with E-state index in [0.29, 0.717) is 29.7 Å². The number of aromatic amines is 1. The lowest BCUT2D eigenvalue weighted by molar-refractivity contribution is 0.00854. The number of thiazole rings is 1. The molecule has 2 aliphatic rings. The SMILES string of the molecule is O=C(c1ccc2[nH]ncc2c1)N1CC(N2CCN(C(=O)c3nccs3)CC2)C1. The molecule has 5 rings (SSSR count). The molecule has 0 spiro atoms. The Balaban J connectivity index is 1.14. The Morgan fingerprint density at radius 2 is 1.89 bits per heavy atom. The van der Waals surface area contributed by atoms with E-state index in [1.807, 2.05) is 33.4 Å². The van der Waals surface area contributed by atoms with Gasteiger partial charge >= 0.3 is 0 Å². The van der Waals surface area contributed by atoms with Crippen LogP contribution in [0.1, 0.15) is 20.2 Å². The summed E-state index contributed by atoms with van der Waals surface area (Å²) < 4.78 is 0. The Bertz CT molecular complexity index is 1000. The maximum Gasteiger partial charge on any atom is 0.282 e. The highest BCUT2D eigenvalue weighted by molar-refractivity contribution is 7.11. The molecule has 0 radical (unpaired) electrons. The average Bonchev–Trinajstić information content (AvgIpc) is 3.38. The molecule has 28 heavy (non-hydrogen) atoms. The van der Waals surface area contributed by atoms with Gasteiger partial charge in [-0.15, -0.1) is 11.3 Å². The van der Waals surface area contributed by atoms with Crippen molar-refractivity contribution in [1.82, 2.24) is 29.9 Å². The van der Waals surface area contributed by atoms with Gasteiger partial charge in [-0.05, 0) is 18.2 Å². The maximum atomic E-state index is 12.7. The molecular weight excluding hydrogens is 376 g/mol. The molecule has 0 unspecified atom stereocenters. The van der Waals surface area contributed by atoms with Gasteiger partial charge in [-0.2, -0.15) is 5.10 Å². The van der Waals surface area contributed by atoms with Crippen molar-refractivity contribution in [3.8, 4) is 0 Å². The molecule has 144 valence electrons. The Morgan fingerprint density at radius 3 is 2.64 bits per heavy atom. The van der Waals surface area contributed by atoms with Crippen molar-refractivity contribution in [3.63, 3.8) is 0 Å². The first-order valence-electron chi connectivity index (χ1n) is 9.34. The Hall–Kier alpha value is -2.78. The van der Waals surface area contributed by atoms with Crippen LogP contribution in [0.3, 0.4) is 0 Å². The predicted octanol–water partition coefficient (Wildman–Crippen LogP) is 1.30. The Kier molecular flexibility index (Phi) is 4.33. The number of amides is 2. The highest BCUT2D eigenvalue weighted by Gasteiger charge is 2.37. The summed E-state index contributed by atoms with van der Waals surface area (Å²) in [6.07, 6.45) is 3.40. The monoisotopic (exact) mass is 396 g/mol. The van der Waals surface area contributed by atoms with Crippen LogP contribution < -0.4 is 0 Å². The van der Waals surface area contributed by atoms with Crippen LogP contribution in [0.5, 0.6) is 0 Å². The van der Waals surface area contributed by atoms with Gasteiger partial charge in [0, 0.05) is 67.8 Å². The minimum Gasteiger partial charge on any atom is -0.335 e. The van der Waals surface area contributed by atoms with Crippen LogP contribution in [0.4, 0.5) is 0 Å². The van der Waals surface area contributed by atoms with Crippen molar-refractivity contribution in [3.05, 3.63) is 46.5 Å². The van der Waals surface area contributed by atoms with Crippen molar-refractivity contribution in [2.24, 2.45) is 0 Å². The van der Waals surface area contributed by atoms with Gasteiger partial charge in [0.1, 0.15) is 0 Å². The zero-order chi connectivity index (χ0) is 19.1. The van der Waals surface area contributed by atoms with Crippen molar-refractivity contribution in [2.45, 2.75) is 6.04 Å². The summed E-state index contributed by atoms with van der Waals surface area (Å²) in [5.41, 5.74) is 1.63. The lowest BCUT2D eigenvalue weighted by Crippen LogP contribution is -2.64. The minimum atomic E-state index is 0.0229. The zero-order valence-electron chi connectivity index (χ0n) is 15.2. The van der Waals surface area contributed by atoms with Crippen molar-refractivity contribution >= 4 is 34.1 Å². The molecular formula is C19H20N6O2S. The Labute approximate surface area is 165 Å². The lowest BCUT2D eigenvalue weighted by atomic mass is 10.0. The quantitative estimate of drug-likeness (QED) is 0.721. The number of nitrogens with zero attached hydrogens (tertiary/aromatic N) is 5. The van der Waals surface area contributed by atoms with Crippen molar-refractivity contribution in [1.29, 1.82) is 0 Å². The number of rotatable bonds is 3. The zero-order valence-corrected chi connectivity index (χ0v) is 16.1. The normalized spacial score (nSPS) is 18.4. The fourth-order valence-electron chi connectivity index (χ4n) is 3.86. The number of H-pyrrole nitrogens is 1. The first-order chi connectivity index (χ1) is 13.7. The number of carbonyl (C=O) groups is 2. The fourth-order valence-corrected chi connectivity index (χ4v) is 4.47. The highest BCUT2D eigenvalue weighted by Crippen LogP contribution is 2.22. The first-order valence-corrected chi connectivity index (χ1v) is 10.2. The number of benzene rings is 1. The van der Waals surface area contributed by atoms with Crippen LogP contribution in [-0.2, 0) is 0 Å². The van der Waals surface area contributed by atoms with Gasteiger partial charge in [0.2, 0.25) is 0 Å². The number of carbonyl (C=O) groups excluding carboxylic acids is 2. The molecule has 0 atom stereocenters. The van der Waals surface area contributed by atoms with Gasteiger partial charge in [0.15, 0.2) is 5.01 Å². The number of nitrogens with one attached hydrogen (secondary N) is 1. The van der Waals surface area contributed by atoms with Crippen molar-refractivity contribution < 1.29 is 9.59 Å². The van der Waals surface area contributed by atoms with Crippen LogP contribution >= 0.6 is 11.3 Å². The molecule has 2 amide bonds. The molecule has 1 N–H and O–H groups in total. The van der Waals surface area contributed by atoms with Crippen LogP contribution in [0.2, 0.25) is 0 Å². The van der Waals surface area contributed by atoms with Crippen LogP contribution in [-0.4, -0.2) is 87.0 Å². The fraction of sp³-hybridized carbons (Fsp3) is 0.368. The molecule has 2 aliphatic heterocycles. The summed E-state index contributed by atoms with van der Waals surface area (Å²) in [6.45, 7) is 4.57. The van der Waals surface area contributed by atoms with E-state index in [2.05, 4.69) is 20.1 Å². The summed E-state index contributed by atoms with van der Waals surface area (Å²) in [5, 5.41) is 10.2. The highest BCUT2D eigenvalue weighted by atomic mass is 32.1. The summed E-state index contributed by atoms with van der Waals surface area (Å²) in [6, 6.07) is 6.00. The van der Waals surface area contributed by atoms with E-state index in [1.165, 1.54) is 11.3 Å². The molecule has 2 aromatic heterocycles. The number of piperazine rings is 1. The number of likely N-dealkylation sites (tertiary alicyclic amines) is 1. The van der Waals surface area contributed by atoms with E-state index in [9.17, 15) is 9.59 Å². The molecule has 0 saturated carbocycles. The topological polar surface area (TPSA) is 85.4 Å². The Morgan fingerprint density at radius 1 is 1.07 bits per heavy atom. The summed E-state index contributed by atoms with van der Waals surface area (Å²) in [7, 11) is 0. The van der Waals surface area contributed by atoms with Crippen LogP contribution in [0.15, 0.2) is 36.0 Å². The van der Waals surface area contributed by atoms with E-state index in [4.69, 9.17) is 0 Å². The third kappa shape index (κ3) is 3.06. The van der Waals surface area contributed by atoms with Crippen LogP contribution in [0, 0.1) is 0 Å². The molecule has 0 bridgehead atoms. The second-order valence-electron chi connectivity index (χ2n) is 7.20. The van der Waals surface area contributed by atoms with E-state index in [1.54, 1.807) is 12.4 Å². The summed E-state index contributed by atoms with van der Waals surface area (Å²) in [4.78, 5) is 35.4. The average molecular weight is 396 g/mol. The molecule has 9 heteroatoms. The molecule has 0 aliphatic carbocycles.